The zero-order valence-corrected chi connectivity index (χ0v) is 13.2. The van der Waals surface area contributed by atoms with Gasteiger partial charge in [-0.1, -0.05) is 30.6 Å². The quantitative estimate of drug-likeness (QED) is 0.301. The summed E-state index contributed by atoms with van der Waals surface area (Å²) in [6.45, 7) is 10.3. The lowest BCUT2D eigenvalue weighted by Gasteiger charge is -2.28. The van der Waals surface area contributed by atoms with Gasteiger partial charge in [-0.15, -0.1) is 11.7 Å². The summed E-state index contributed by atoms with van der Waals surface area (Å²) in [5.41, 5.74) is 5.84. The van der Waals surface area contributed by atoms with E-state index in [1.165, 1.54) is 24.0 Å². The minimum atomic E-state index is -0.00654. The number of hydrogen-bond acceptors (Lipinski definition) is 2. The predicted octanol–water partition coefficient (Wildman–Crippen LogP) is 4.09. The van der Waals surface area contributed by atoms with Gasteiger partial charge in [0, 0.05) is 13.5 Å². The monoisotopic (exact) mass is 274 g/mol. The summed E-state index contributed by atoms with van der Waals surface area (Å²) in [5, 5.41) is 0. The maximum absolute atomic E-state index is 5.76. The molecule has 1 rings (SSSR count). The van der Waals surface area contributed by atoms with Crippen molar-refractivity contribution in [2.24, 2.45) is 11.8 Å². The Morgan fingerprint density at radius 3 is 2.85 bits per heavy atom. The molecule has 0 heterocycles. The van der Waals surface area contributed by atoms with Crippen molar-refractivity contribution in [2.75, 3.05) is 13.9 Å². The van der Waals surface area contributed by atoms with Gasteiger partial charge in [0.15, 0.2) is 0 Å². The molecule has 20 heavy (non-hydrogen) atoms. The van der Waals surface area contributed by atoms with E-state index in [1.807, 2.05) is 13.0 Å². The van der Waals surface area contributed by atoms with Gasteiger partial charge in [-0.2, -0.15) is 0 Å². The molecule has 0 saturated heterocycles. The molecule has 1 aliphatic rings. The first-order chi connectivity index (χ1) is 9.65. The van der Waals surface area contributed by atoms with Crippen molar-refractivity contribution in [3.05, 3.63) is 29.5 Å². The van der Waals surface area contributed by atoms with Crippen LogP contribution in [0.5, 0.6) is 0 Å². The fourth-order valence-corrected chi connectivity index (χ4v) is 2.91. The molecule has 2 nitrogen and oxygen atoms in total. The first-order valence-electron chi connectivity index (χ1n) is 7.20. The number of methoxy groups -OCH3 is 1. The Morgan fingerprint density at radius 2 is 2.25 bits per heavy atom. The minimum absolute atomic E-state index is 0.00654. The molecule has 0 radical (unpaired) electrons. The van der Waals surface area contributed by atoms with E-state index in [4.69, 9.17) is 9.47 Å². The van der Waals surface area contributed by atoms with E-state index in [9.17, 15) is 0 Å². The number of hydrogen-bond donors (Lipinski definition) is 0. The predicted molar refractivity (Wildman–Crippen MR) is 83.1 cm³/mol. The van der Waals surface area contributed by atoms with Crippen LogP contribution >= 0.6 is 0 Å². The molecular formula is C18H26O2. The summed E-state index contributed by atoms with van der Waals surface area (Å²) in [5.74, 6) is 7.12. The van der Waals surface area contributed by atoms with Crippen LogP contribution in [-0.4, -0.2) is 20.0 Å². The highest BCUT2D eigenvalue weighted by atomic mass is 16.7. The largest absolute Gasteiger partial charge is 0.359 e. The second kappa shape index (κ2) is 8.82. The maximum atomic E-state index is 5.76. The van der Waals surface area contributed by atoms with E-state index in [-0.39, 0.29) is 6.10 Å². The van der Waals surface area contributed by atoms with Gasteiger partial charge < -0.3 is 9.47 Å². The topological polar surface area (TPSA) is 18.5 Å². The molecule has 3 unspecified atom stereocenters. The SMILES string of the molecule is C=C=CC(OCOC)C(C)C1CCC(C)=C1CC#CC. The summed E-state index contributed by atoms with van der Waals surface area (Å²) in [7, 11) is 1.64. The standard InChI is InChI=1S/C18H26O2/c1-6-8-10-16-14(3)11-12-17(16)15(4)18(9-7-2)20-13-19-5/h9,15,17-18H,2,10-13H2,1,3-5H3. The Hall–Kier alpha value is -1.26. The summed E-state index contributed by atoms with van der Waals surface area (Å²) < 4.78 is 10.8. The third-order valence-corrected chi connectivity index (χ3v) is 4.10. The first kappa shape index (κ1) is 16.8. The highest BCUT2D eigenvalue weighted by Gasteiger charge is 2.31. The second-order valence-corrected chi connectivity index (χ2v) is 5.32. The molecule has 2 heteroatoms. The molecule has 0 aromatic rings. The molecule has 0 fully saturated rings. The molecule has 0 saturated carbocycles. The summed E-state index contributed by atoms with van der Waals surface area (Å²) in [6.07, 6.45) is 5.14. The van der Waals surface area contributed by atoms with Crippen LogP contribution in [-0.2, 0) is 9.47 Å². The lowest BCUT2D eigenvalue weighted by Crippen LogP contribution is -2.27. The van der Waals surface area contributed by atoms with E-state index >= 15 is 0 Å². The molecule has 1 aliphatic carbocycles. The van der Waals surface area contributed by atoms with Crippen LogP contribution in [0, 0.1) is 23.7 Å². The Balaban J connectivity index is 2.83. The smallest absolute Gasteiger partial charge is 0.147 e. The highest BCUT2D eigenvalue weighted by Crippen LogP contribution is 2.40. The van der Waals surface area contributed by atoms with E-state index < -0.39 is 0 Å². The Labute approximate surface area is 123 Å². The first-order valence-corrected chi connectivity index (χ1v) is 7.20. The fourth-order valence-electron chi connectivity index (χ4n) is 2.91. The third kappa shape index (κ3) is 4.39. The lowest BCUT2D eigenvalue weighted by molar-refractivity contribution is -0.0761. The van der Waals surface area contributed by atoms with Gasteiger partial charge in [0.1, 0.15) is 6.79 Å². The Bertz CT molecular complexity index is 444. The maximum Gasteiger partial charge on any atom is 0.147 e. The van der Waals surface area contributed by atoms with Crippen molar-refractivity contribution in [3.8, 4) is 11.8 Å². The van der Waals surface area contributed by atoms with E-state index in [0.717, 1.165) is 6.42 Å². The van der Waals surface area contributed by atoms with Gasteiger partial charge in [0.05, 0.1) is 6.10 Å². The minimum Gasteiger partial charge on any atom is -0.359 e. The van der Waals surface area contributed by atoms with Gasteiger partial charge in [0.2, 0.25) is 0 Å². The summed E-state index contributed by atoms with van der Waals surface area (Å²) in [4.78, 5) is 0. The van der Waals surface area contributed by atoms with Crippen LogP contribution in [0.25, 0.3) is 0 Å². The molecular weight excluding hydrogens is 248 g/mol. The van der Waals surface area contributed by atoms with Gasteiger partial charge in [-0.3, -0.25) is 0 Å². The van der Waals surface area contributed by atoms with Crippen LogP contribution in [0.1, 0.15) is 40.0 Å². The van der Waals surface area contributed by atoms with Crippen LogP contribution in [0.2, 0.25) is 0 Å². The number of ether oxygens (including phenoxy) is 2. The van der Waals surface area contributed by atoms with Crippen molar-refractivity contribution < 1.29 is 9.47 Å². The molecule has 0 bridgehead atoms. The Morgan fingerprint density at radius 1 is 1.50 bits per heavy atom. The van der Waals surface area contributed by atoms with Crippen molar-refractivity contribution in [3.63, 3.8) is 0 Å². The number of rotatable bonds is 7. The molecule has 110 valence electrons. The summed E-state index contributed by atoms with van der Waals surface area (Å²) in [6, 6.07) is 0. The van der Waals surface area contributed by atoms with Crippen LogP contribution < -0.4 is 0 Å². The van der Waals surface area contributed by atoms with Crippen LogP contribution in [0.4, 0.5) is 0 Å². The fraction of sp³-hybridized carbons (Fsp3) is 0.611. The van der Waals surface area contributed by atoms with Gasteiger partial charge in [-0.25, -0.2) is 0 Å². The lowest BCUT2D eigenvalue weighted by atomic mass is 9.83. The average Bonchev–Trinajstić information content (AvgIpc) is 2.81. The van der Waals surface area contributed by atoms with Crippen molar-refractivity contribution >= 4 is 0 Å². The van der Waals surface area contributed by atoms with Crippen molar-refractivity contribution in [1.29, 1.82) is 0 Å². The Kier molecular flexibility index (Phi) is 7.41. The van der Waals surface area contributed by atoms with Gasteiger partial charge in [0.25, 0.3) is 0 Å². The molecule has 0 spiro atoms. The molecule has 0 aliphatic heterocycles. The summed E-state index contributed by atoms with van der Waals surface area (Å²) >= 11 is 0. The third-order valence-electron chi connectivity index (χ3n) is 4.10. The van der Waals surface area contributed by atoms with Gasteiger partial charge in [-0.05, 0) is 44.6 Å². The second-order valence-electron chi connectivity index (χ2n) is 5.32. The van der Waals surface area contributed by atoms with Crippen molar-refractivity contribution in [1.82, 2.24) is 0 Å². The zero-order valence-electron chi connectivity index (χ0n) is 13.2. The normalized spacial score (nSPS) is 20.9. The van der Waals surface area contributed by atoms with E-state index in [0.29, 0.717) is 18.6 Å². The van der Waals surface area contributed by atoms with E-state index in [1.54, 1.807) is 7.11 Å². The zero-order chi connectivity index (χ0) is 15.0. The van der Waals surface area contributed by atoms with Crippen LogP contribution in [0.15, 0.2) is 29.5 Å². The average molecular weight is 274 g/mol. The molecule has 3 atom stereocenters. The van der Waals surface area contributed by atoms with Gasteiger partial charge >= 0.3 is 0 Å². The van der Waals surface area contributed by atoms with Crippen LogP contribution in [0.3, 0.4) is 0 Å². The molecule has 0 amide bonds. The highest BCUT2D eigenvalue weighted by molar-refractivity contribution is 5.27. The number of allylic oxidation sites excluding steroid dienone is 2. The molecule has 0 aromatic heterocycles. The molecule has 0 aromatic carbocycles. The molecule has 0 N–H and O–H groups in total. The van der Waals surface area contributed by atoms with Crippen molar-refractivity contribution in [2.45, 2.75) is 46.1 Å². The van der Waals surface area contributed by atoms with E-state index in [2.05, 4.69) is 38.0 Å².